The average Bonchev–Trinajstić information content (AvgIpc) is 2.67. The van der Waals surface area contributed by atoms with Gasteiger partial charge in [0.15, 0.2) is 0 Å². The molecule has 2 aromatic rings. The lowest BCUT2D eigenvalue weighted by molar-refractivity contribution is 0.0698. The van der Waals surface area contributed by atoms with E-state index in [0.717, 1.165) is 16.9 Å². The molecule has 1 aromatic heterocycles. The fraction of sp³-hybridized carbons (Fsp3) is 0.231. The van der Waals surface area contributed by atoms with Crippen LogP contribution in [-0.2, 0) is 13.6 Å². The van der Waals surface area contributed by atoms with Gasteiger partial charge < -0.3 is 16.2 Å². The number of hydrogen-bond donors (Lipinski definition) is 3. The van der Waals surface area contributed by atoms with Crippen molar-refractivity contribution in [3.8, 4) is 0 Å². The van der Waals surface area contributed by atoms with Gasteiger partial charge in [0.25, 0.3) is 0 Å². The van der Waals surface area contributed by atoms with Crippen LogP contribution in [-0.4, -0.2) is 20.9 Å². The largest absolute Gasteiger partial charge is 0.478 e. The van der Waals surface area contributed by atoms with Gasteiger partial charge in [0.1, 0.15) is 0 Å². The third-order valence-corrected chi connectivity index (χ3v) is 3.10. The molecule has 0 spiro atoms. The van der Waals surface area contributed by atoms with E-state index in [1.54, 1.807) is 23.0 Å². The summed E-state index contributed by atoms with van der Waals surface area (Å²) in [4.78, 5) is 10.8. The van der Waals surface area contributed by atoms with E-state index >= 15 is 0 Å². The van der Waals surface area contributed by atoms with Crippen molar-refractivity contribution in [2.24, 2.45) is 7.05 Å². The minimum Gasteiger partial charge on any atom is -0.478 e. The number of carboxylic acid groups (broad SMARTS) is 1. The maximum atomic E-state index is 10.8. The van der Waals surface area contributed by atoms with E-state index in [0.29, 0.717) is 6.54 Å². The summed E-state index contributed by atoms with van der Waals surface area (Å²) in [6, 6.07) is 4.82. The summed E-state index contributed by atoms with van der Waals surface area (Å²) < 4.78 is 1.80. The number of anilines is 2. The zero-order chi connectivity index (χ0) is 14.0. The number of benzene rings is 1. The van der Waals surface area contributed by atoms with Crippen molar-refractivity contribution in [2.75, 3.05) is 11.1 Å². The molecule has 1 aromatic carbocycles. The molecule has 100 valence electrons. The Morgan fingerprint density at radius 3 is 2.79 bits per heavy atom. The normalized spacial score (nSPS) is 10.4. The highest BCUT2D eigenvalue weighted by atomic mass is 16.4. The second-order valence-corrected chi connectivity index (χ2v) is 4.34. The van der Waals surface area contributed by atoms with Gasteiger partial charge in [-0.05, 0) is 25.1 Å². The van der Waals surface area contributed by atoms with Crippen LogP contribution in [0.1, 0.15) is 21.6 Å². The molecule has 2 rings (SSSR count). The number of rotatable bonds is 4. The number of aromatic carboxylic acids is 1. The Balaban J connectivity index is 2.10. The molecule has 0 bridgehead atoms. The lowest BCUT2D eigenvalue weighted by Crippen LogP contribution is -2.05. The summed E-state index contributed by atoms with van der Waals surface area (Å²) in [7, 11) is 1.89. The van der Waals surface area contributed by atoms with E-state index in [4.69, 9.17) is 10.8 Å². The van der Waals surface area contributed by atoms with E-state index in [2.05, 4.69) is 10.4 Å². The van der Waals surface area contributed by atoms with Crippen molar-refractivity contribution in [1.82, 2.24) is 9.78 Å². The number of aromatic nitrogens is 2. The van der Waals surface area contributed by atoms with Gasteiger partial charge in [-0.25, -0.2) is 4.79 Å². The maximum Gasteiger partial charge on any atom is 0.337 e. The van der Waals surface area contributed by atoms with Gasteiger partial charge in [-0.3, -0.25) is 4.68 Å². The van der Waals surface area contributed by atoms with E-state index in [-0.39, 0.29) is 11.3 Å². The maximum absolute atomic E-state index is 10.8. The molecule has 1 heterocycles. The van der Waals surface area contributed by atoms with Crippen LogP contribution in [0.2, 0.25) is 0 Å². The van der Waals surface area contributed by atoms with Crippen molar-refractivity contribution in [3.63, 3.8) is 0 Å². The Morgan fingerprint density at radius 2 is 2.26 bits per heavy atom. The molecular weight excluding hydrogens is 244 g/mol. The average molecular weight is 260 g/mol. The van der Waals surface area contributed by atoms with Gasteiger partial charge in [-0.1, -0.05) is 0 Å². The predicted octanol–water partition coefficient (Wildman–Crippen LogP) is 1.62. The van der Waals surface area contributed by atoms with Crippen molar-refractivity contribution >= 4 is 17.3 Å². The third-order valence-electron chi connectivity index (χ3n) is 3.10. The number of carboxylic acids is 1. The van der Waals surface area contributed by atoms with Gasteiger partial charge in [0, 0.05) is 36.2 Å². The number of nitrogens with one attached hydrogen (secondary N) is 1. The Kier molecular flexibility index (Phi) is 3.41. The molecule has 0 fully saturated rings. The van der Waals surface area contributed by atoms with Crippen LogP contribution in [0.4, 0.5) is 11.4 Å². The molecule has 0 saturated heterocycles. The SMILES string of the molecule is Cc1c(CNc2ccc(C(=O)O)c(N)c2)cnn1C. The fourth-order valence-corrected chi connectivity index (χ4v) is 1.78. The summed E-state index contributed by atoms with van der Waals surface area (Å²) in [5, 5.41) is 16.2. The summed E-state index contributed by atoms with van der Waals surface area (Å²) in [5.74, 6) is -1.02. The smallest absolute Gasteiger partial charge is 0.337 e. The first-order chi connectivity index (χ1) is 8.99. The molecule has 6 nitrogen and oxygen atoms in total. The molecule has 0 unspecified atom stereocenters. The molecular formula is C13H16N4O2. The van der Waals surface area contributed by atoms with Crippen LogP contribution < -0.4 is 11.1 Å². The Morgan fingerprint density at radius 1 is 1.53 bits per heavy atom. The van der Waals surface area contributed by atoms with Crippen LogP contribution in [0.5, 0.6) is 0 Å². The number of hydrogen-bond acceptors (Lipinski definition) is 4. The van der Waals surface area contributed by atoms with Crippen molar-refractivity contribution in [2.45, 2.75) is 13.5 Å². The van der Waals surface area contributed by atoms with Crippen LogP contribution >= 0.6 is 0 Å². The number of nitrogens with zero attached hydrogens (tertiary/aromatic N) is 2. The monoisotopic (exact) mass is 260 g/mol. The Bertz CT molecular complexity index is 619. The zero-order valence-corrected chi connectivity index (χ0v) is 10.8. The lowest BCUT2D eigenvalue weighted by Gasteiger charge is -2.08. The first kappa shape index (κ1) is 12.9. The molecule has 0 aliphatic carbocycles. The van der Waals surface area contributed by atoms with Gasteiger partial charge >= 0.3 is 5.97 Å². The summed E-state index contributed by atoms with van der Waals surface area (Å²) in [6.07, 6.45) is 1.80. The second kappa shape index (κ2) is 5.01. The number of nitrogen functional groups attached to an aromatic ring is 1. The summed E-state index contributed by atoms with van der Waals surface area (Å²) in [6.45, 7) is 2.61. The Hall–Kier alpha value is -2.50. The first-order valence-corrected chi connectivity index (χ1v) is 5.83. The van der Waals surface area contributed by atoms with Crippen LogP contribution in [0.25, 0.3) is 0 Å². The zero-order valence-electron chi connectivity index (χ0n) is 10.8. The minimum atomic E-state index is -1.02. The highest BCUT2D eigenvalue weighted by Crippen LogP contribution is 2.19. The molecule has 0 aliphatic rings. The summed E-state index contributed by atoms with van der Waals surface area (Å²) in [5.41, 5.74) is 9.01. The van der Waals surface area contributed by atoms with E-state index in [9.17, 15) is 4.79 Å². The van der Waals surface area contributed by atoms with Crippen LogP contribution in [0.3, 0.4) is 0 Å². The first-order valence-electron chi connectivity index (χ1n) is 5.83. The van der Waals surface area contributed by atoms with E-state index < -0.39 is 5.97 Å². The summed E-state index contributed by atoms with van der Waals surface area (Å²) >= 11 is 0. The van der Waals surface area contributed by atoms with Gasteiger partial charge in [-0.15, -0.1) is 0 Å². The van der Waals surface area contributed by atoms with Crippen molar-refractivity contribution in [1.29, 1.82) is 0 Å². The third kappa shape index (κ3) is 2.67. The standard InChI is InChI=1S/C13H16N4O2/c1-8-9(7-16-17(8)2)6-15-10-3-4-11(13(18)19)12(14)5-10/h3-5,7,15H,6,14H2,1-2H3,(H,18,19). The highest BCUT2D eigenvalue weighted by molar-refractivity contribution is 5.94. The van der Waals surface area contributed by atoms with Gasteiger partial charge in [0.05, 0.1) is 11.8 Å². The van der Waals surface area contributed by atoms with Crippen molar-refractivity contribution < 1.29 is 9.90 Å². The van der Waals surface area contributed by atoms with Gasteiger partial charge in [0.2, 0.25) is 0 Å². The molecule has 0 amide bonds. The number of nitrogens with two attached hydrogens (primary N) is 1. The number of aryl methyl sites for hydroxylation is 1. The number of carbonyl (C=O) groups is 1. The van der Waals surface area contributed by atoms with Crippen molar-refractivity contribution in [3.05, 3.63) is 41.2 Å². The van der Waals surface area contributed by atoms with E-state index in [1.807, 2.05) is 14.0 Å². The fourth-order valence-electron chi connectivity index (χ4n) is 1.78. The minimum absolute atomic E-state index is 0.114. The molecule has 19 heavy (non-hydrogen) atoms. The molecule has 0 saturated carbocycles. The molecule has 4 N–H and O–H groups in total. The van der Waals surface area contributed by atoms with Crippen LogP contribution in [0.15, 0.2) is 24.4 Å². The van der Waals surface area contributed by atoms with E-state index in [1.165, 1.54) is 6.07 Å². The second-order valence-electron chi connectivity index (χ2n) is 4.34. The molecule has 0 radical (unpaired) electrons. The van der Waals surface area contributed by atoms with Crippen LogP contribution in [0, 0.1) is 6.92 Å². The molecule has 6 heteroatoms. The molecule has 0 aliphatic heterocycles. The predicted molar refractivity (Wildman–Crippen MR) is 73.1 cm³/mol. The van der Waals surface area contributed by atoms with Gasteiger partial charge in [-0.2, -0.15) is 5.10 Å². The lowest BCUT2D eigenvalue weighted by atomic mass is 10.1. The quantitative estimate of drug-likeness (QED) is 0.726. The topological polar surface area (TPSA) is 93.2 Å². The Labute approximate surface area is 110 Å². The molecule has 0 atom stereocenters. The highest BCUT2D eigenvalue weighted by Gasteiger charge is 2.08.